The van der Waals surface area contributed by atoms with Crippen LogP contribution in [0, 0.1) is 0 Å². The summed E-state index contributed by atoms with van der Waals surface area (Å²) in [5.41, 5.74) is 2.05. The molecular weight excluding hydrogens is 264 g/mol. The van der Waals surface area contributed by atoms with Crippen molar-refractivity contribution in [2.75, 3.05) is 7.05 Å². The zero-order valence-electron chi connectivity index (χ0n) is 12.0. The van der Waals surface area contributed by atoms with Crippen molar-refractivity contribution in [2.24, 2.45) is 0 Å². The SMILES string of the molecule is CN(Cc1ccccn1)C(=O)C1CCc2ccccc2O1. The van der Waals surface area contributed by atoms with E-state index in [9.17, 15) is 4.79 Å². The maximum Gasteiger partial charge on any atom is 0.263 e. The number of ether oxygens (including phenoxy) is 1. The molecule has 2 heterocycles. The van der Waals surface area contributed by atoms with Gasteiger partial charge in [0.2, 0.25) is 0 Å². The van der Waals surface area contributed by atoms with E-state index in [1.54, 1.807) is 18.1 Å². The summed E-state index contributed by atoms with van der Waals surface area (Å²) in [7, 11) is 1.79. The molecule has 21 heavy (non-hydrogen) atoms. The van der Waals surface area contributed by atoms with E-state index >= 15 is 0 Å². The lowest BCUT2D eigenvalue weighted by Gasteiger charge is -2.28. The number of rotatable bonds is 3. The minimum atomic E-state index is -0.395. The Labute approximate surface area is 124 Å². The summed E-state index contributed by atoms with van der Waals surface area (Å²) in [4.78, 5) is 18.4. The molecule has 0 saturated heterocycles. The Balaban J connectivity index is 1.66. The Kier molecular flexibility index (Phi) is 3.86. The quantitative estimate of drug-likeness (QED) is 0.868. The second kappa shape index (κ2) is 5.95. The van der Waals surface area contributed by atoms with Gasteiger partial charge in [-0.2, -0.15) is 0 Å². The van der Waals surface area contributed by atoms with Crippen molar-refractivity contribution < 1.29 is 9.53 Å². The van der Waals surface area contributed by atoms with Crippen molar-refractivity contribution in [1.82, 2.24) is 9.88 Å². The fourth-order valence-corrected chi connectivity index (χ4v) is 2.56. The van der Waals surface area contributed by atoms with Crippen LogP contribution in [0.2, 0.25) is 0 Å². The molecular formula is C17H18N2O2. The number of nitrogens with zero attached hydrogens (tertiary/aromatic N) is 2. The molecule has 108 valence electrons. The van der Waals surface area contributed by atoms with Crippen LogP contribution in [0.25, 0.3) is 0 Å². The predicted octanol–water partition coefficient (Wildman–Crippen LogP) is 2.43. The molecule has 0 bridgehead atoms. The first-order chi connectivity index (χ1) is 10.2. The molecule has 2 aromatic rings. The van der Waals surface area contributed by atoms with Crippen LogP contribution >= 0.6 is 0 Å². The molecule has 1 aliphatic heterocycles. The standard InChI is InChI=1S/C17H18N2O2/c1-19(12-14-7-4-5-11-18-14)17(20)16-10-9-13-6-2-3-8-15(13)21-16/h2-8,11,16H,9-10,12H2,1H3. The molecule has 4 nitrogen and oxygen atoms in total. The van der Waals surface area contributed by atoms with Crippen molar-refractivity contribution >= 4 is 5.91 Å². The molecule has 0 N–H and O–H groups in total. The Bertz CT molecular complexity index is 628. The first-order valence-corrected chi connectivity index (χ1v) is 7.13. The van der Waals surface area contributed by atoms with Crippen molar-refractivity contribution in [3.05, 3.63) is 59.9 Å². The third kappa shape index (κ3) is 3.05. The first-order valence-electron chi connectivity index (χ1n) is 7.13. The van der Waals surface area contributed by atoms with Crippen LogP contribution in [0.3, 0.4) is 0 Å². The number of carbonyl (C=O) groups excluding carboxylic acids is 1. The lowest BCUT2D eigenvalue weighted by molar-refractivity contribution is -0.138. The zero-order valence-corrected chi connectivity index (χ0v) is 12.0. The molecule has 1 aliphatic rings. The van der Waals surface area contributed by atoms with Gasteiger partial charge in [0, 0.05) is 13.2 Å². The molecule has 1 aromatic heterocycles. The molecule has 3 rings (SSSR count). The number of carbonyl (C=O) groups is 1. The van der Waals surface area contributed by atoms with Crippen LogP contribution in [-0.4, -0.2) is 28.9 Å². The average Bonchev–Trinajstić information content (AvgIpc) is 2.54. The maximum absolute atomic E-state index is 12.5. The third-order valence-electron chi connectivity index (χ3n) is 3.69. The number of hydrogen-bond donors (Lipinski definition) is 0. The van der Waals surface area contributed by atoms with Crippen LogP contribution in [0.1, 0.15) is 17.7 Å². The van der Waals surface area contributed by atoms with Gasteiger partial charge in [-0.3, -0.25) is 9.78 Å². The van der Waals surface area contributed by atoms with E-state index in [1.165, 1.54) is 5.56 Å². The lowest BCUT2D eigenvalue weighted by Crippen LogP contribution is -2.41. The molecule has 0 saturated carbocycles. The second-order valence-corrected chi connectivity index (χ2v) is 5.27. The van der Waals surface area contributed by atoms with Crippen LogP contribution in [0.15, 0.2) is 48.7 Å². The largest absolute Gasteiger partial charge is 0.480 e. The van der Waals surface area contributed by atoms with Gasteiger partial charge in [0.05, 0.1) is 12.2 Å². The molecule has 0 spiro atoms. The Morgan fingerprint density at radius 3 is 2.90 bits per heavy atom. The minimum absolute atomic E-state index is 0.00940. The van der Waals surface area contributed by atoms with Gasteiger partial charge in [-0.25, -0.2) is 0 Å². The molecule has 1 unspecified atom stereocenters. The number of pyridine rings is 1. The third-order valence-corrected chi connectivity index (χ3v) is 3.69. The summed E-state index contributed by atoms with van der Waals surface area (Å²) in [6.07, 6.45) is 2.95. The van der Waals surface area contributed by atoms with Gasteiger partial charge >= 0.3 is 0 Å². The fourth-order valence-electron chi connectivity index (χ4n) is 2.56. The lowest BCUT2D eigenvalue weighted by atomic mass is 10.0. The van der Waals surface area contributed by atoms with Gasteiger partial charge in [-0.15, -0.1) is 0 Å². The van der Waals surface area contributed by atoms with E-state index in [-0.39, 0.29) is 5.91 Å². The van der Waals surface area contributed by atoms with Crippen LogP contribution < -0.4 is 4.74 Å². The topological polar surface area (TPSA) is 42.4 Å². The number of amides is 1. The van der Waals surface area contributed by atoms with Crippen LogP contribution in [-0.2, 0) is 17.8 Å². The van der Waals surface area contributed by atoms with Crippen LogP contribution in [0.5, 0.6) is 5.75 Å². The van der Waals surface area contributed by atoms with Gasteiger partial charge in [-0.05, 0) is 36.6 Å². The minimum Gasteiger partial charge on any atom is -0.480 e. The molecule has 1 amide bonds. The number of aromatic nitrogens is 1. The van der Waals surface area contributed by atoms with E-state index in [0.29, 0.717) is 6.54 Å². The number of aryl methyl sites for hydroxylation is 1. The highest BCUT2D eigenvalue weighted by molar-refractivity contribution is 5.81. The van der Waals surface area contributed by atoms with E-state index in [0.717, 1.165) is 24.3 Å². The summed E-state index contributed by atoms with van der Waals surface area (Å²) in [6.45, 7) is 0.501. The predicted molar refractivity (Wildman–Crippen MR) is 79.9 cm³/mol. The molecule has 0 fully saturated rings. The summed E-state index contributed by atoms with van der Waals surface area (Å²) in [5.74, 6) is 0.837. The summed E-state index contributed by atoms with van der Waals surface area (Å²) in [5, 5.41) is 0. The monoisotopic (exact) mass is 282 g/mol. The Morgan fingerprint density at radius 2 is 2.10 bits per heavy atom. The van der Waals surface area contributed by atoms with Gasteiger partial charge in [0.15, 0.2) is 6.10 Å². The fraction of sp³-hybridized carbons (Fsp3) is 0.294. The van der Waals surface area contributed by atoms with E-state index in [1.807, 2.05) is 42.5 Å². The molecule has 0 radical (unpaired) electrons. The smallest absolute Gasteiger partial charge is 0.263 e. The highest BCUT2D eigenvalue weighted by Gasteiger charge is 2.28. The number of para-hydroxylation sites is 1. The molecule has 1 aromatic carbocycles. The van der Waals surface area contributed by atoms with E-state index < -0.39 is 6.10 Å². The number of hydrogen-bond acceptors (Lipinski definition) is 3. The van der Waals surface area contributed by atoms with Crippen molar-refractivity contribution in [2.45, 2.75) is 25.5 Å². The van der Waals surface area contributed by atoms with Gasteiger partial charge < -0.3 is 9.64 Å². The van der Waals surface area contributed by atoms with Gasteiger partial charge in [-0.1, -0.05) is 24.3 Å². The van der Waals surface area contributed by atoms with Gasteiger partial charge in [0.1, 0.15) is 5.75 Å². The van der Waals surface area contributed by atoms with Gasteiger partial charge in [0.25, 0.3) is 5.91 Å². The number of fused-ring (bicyclic) bond motifs is 1. The van der Waals surface area contributed by atoms with Crippen molar-refractivity contribution in [3.63, 3.8) is 0 Å². The average molecular weight is 282 g/mol. The van der Waals surface area contributed by atoms with E-state index in [4.69, 9.17) is 4.74 Å². The molecule has 1 atom stereocenters. The van der Waals surface area contributed by atoms with Crippen LogP contribution in [0.4, 0.5) is 0 Å². The summed E-state index contributed by atoms with van der Waals surface area (Å²) < 4.78 is 5.84. The van der Waals surface area contributed by atoms with E-state index in [2.05, 4.69) is 4.98 Å². The molecule has 0 aliphatic carbocycles. The highest BCUT2D eigenvalue weighted by Crippen LogP contribution is 2.27. The van der Waals surface area contributed by atoms with Crippen molar-refractivity contribution in [1.29, 1.82) is 0 Å². The van der Waals surface area contributed by atoms with Crippen molar-refractivity contribution in [3.8, 4) is 5.75 Å². The summed E-state index contributed by atoms with van der Waals surface area (Å²) in [6, 6.07) is 13.6. The number of likely N-dealkylation sites (N-methyl/N-ethyl adjacent to an activating group) is 1. The Morgan fingerprint density at radius 1 is 1.29 bits per heavy atom. The summed E-state index contributed by atoms with van der Waals surface area (Å²) >= 11 is 0. The maximum atomic E-state index is 12.5. The highest BCUT2D eigenvalue weighted by atomic mass is 16.5. The normalized spacial score (nSPS) is 16.7. The zero-order chi connectivity index (χ0) is 14.7. The first kappa shape index (κ1) is 13.6. The molecule has 4 heteroatoms. The Hall–Kier alpha value is -2.36. The number of benzene rings is 1. The second-order valence-electron chi connectivity index (χ2n) is 5.27.